The molecule has 0 aromatic heterocycles. The number of carbonyl (C=O) groups is 1. The predicted molar refractivity (Wildman–Crippen MR) is 47.0 cm³/mol. The molecular weight excluding hydrogens is 206 g/mol. The highest BCUT2D eigenvalue weighted by Gasteiger charge is 2.04. The number of rotatable bonds is 1. The van der Waals surface area contributed by atoms with Gasteiger partial charge in [-0.3, -0.25) is 4.79 Å². The molecule has 0 bridgehead atoms. The van der Waals surface area contributed by atoms with Gasteiger partial charge in [-0.05, 0) is 28.1 Å². The Morgan fingerprint density at radius 2 is 2.09 bits per heavy atom. The van der Waals surface area contributed by atoms with Gasteiger partial charge >= 0.3 is 0 Å². The van der Waals surface area contributed by atoms with E-state index in [0.717, 1.165) is 4.47 Å². The highest BCUT2D eigenvalue weighted by atomic mass is 79.9. The first kappa shape index (κ1) is 8.27. The van der Waals surface area contributed by atoms with E-state index in [1.54, 1.807) is 12.1 Å². The van der Waals surface area contributed by atoms with Crippen LogP contribution in [0.3, 0.4) is 0 Å². The van der Waals surface area contributed by atoms with Gasteiger partial charge < -0.3 is 5.32 Å². The van der Waals surface area contributed by atoms with Crippen molar-refractivity contribution in [2.75, 3.05) is 0 Å². The number of hydrogen-bond donors (Lipinski definition) is 1. The third-order valence-corrected chi connectivity index (χ3v) is 1.97. The fraction of sp³-hybridized carbons (Fsp3) is 0. The van der Waals surface area contributed by atoms with E-state index in [2.05, 4.69) is 28.3 Å². The Bertz CT molecular complexity index is 273. The van der Waals surface area contributed by atoms with Crippen molar-refractivity contribution in [2.45, 2.75) is 0 Å². The Morgan fingerprint density at radius 3 is 2.64 bits per heavy atom. The monoisotopic (exact) mass is 212 g/mol. The van der Waals surface area contributed by atoms with Crippen molar-refractivity contribution in [3.8, 4) is 0 Å². The molecule has 1 N–H and O–H groups in total. The van der Waals surface area contributed by atoms with Crippen molar-refractivity contribution >= 4 is 21.8 Å². The summed E-state index contributed by atoms with van der Waals surface area (Å²) in [5.41, 5.74) is 0.600. The number of nitrogens with one attached hydrogen (secondary N) is 1. The maximum Gasteiger partial charge on any atom is 0.252 e. The number of halogens is 1. The van der Waals surface area contributed by atoms with Gasteiger partial charge in [0.25, 0.3) is 5.91 Å². The first-order valence-electron chi connectivity index (χ1n) is 3.07. The first-order valence-corrected chi connectivity index (χ1v) is 3.87. The van der Waals surface area contributed by atoms with Crippen LogP contribution in [-0.2, 0) is 0 Å². The van der Waals surface area contributed by atoms with Crippen LogP contribution in [0.15, 0.2) is 28.7 Å². The summed E-state index contributed by atoms with van der Waals surface area (Å²) in [7, 11) is 3.28. The zero-order valence-electron chi connectivity index (χ0n) is 5.80. The maximum atomic E-state index is 11.0. The van der Waals surface area contributed by atoms with E-state index in [0.29, 0.717) is 5.56 Å². The van der Waals surface area contributed by atoms with Gasteiger partial charge in [0, 0.05) is 11.5 Å². The number of carbonyl (C=O) groups excluding carboxylic acids is 1. The smallest absolute Gasteiger partial charge is 0.252 e. The second-order valence-corrected chi connectivity index (χ2v) is 2.84. The summed E-state index contributed by atoms with van der Waals surface area (Å²) in [6.07, 6.45) is 0. The highest BCUT2D eigenvalue weighted by Crippen LogP contribution is 2.14. The molecule has 3 heteroatoms. The van der Waals surface area contributed by atoms with Crippen LogP contribution in [0.5, 0.6) is 0 Å². The summed E-state index contributed by atoms with van der Waals surface area (Å²) < 4.78 is 0.779. The molecule has 0 atom stereocenters. The minimum Gasteiger partial charge on any atom is -0.350 e. The van der Waals surface area contributed by atoms with Gasteiger partial charge in [-0.25, -0.2) is 0 Å². The Labute approximate surface area is 73.7 Å². The minimum absolute atomic E-state index is 0.183. The van der Waals surface area contributed by atoms with Crippen molar-refractivity contribution in [2.24, 2.45) is 0 Å². The van der Waals surface area contributed by atoms with Gasteiger partial charge in [-0.1, -0.05) is 12.1 Å². The van der Waals surface area contributed by atoms with Crippen LogP contribution in [0.4, 0.5) is 0 Å². The predicted octanol–water partition coefficient (Wildman–Crippen LogP) is 1.97. The van der Waals surface area contributed by atoms with Crippen molar-refractivity contribution in [3.05, 3.63) is 41.3 Å². The molecule has 1 aromatic carbocycles. The van der Waals surface area contributed by atoms with Crippen LogP contribution in [0, 0.1) is 7.05 Å². The molecular formula is C8H7BrNO. The number of hydrogen-bond acceptors (Lipinski definition) is 1. The number of benzene rings is 1. The zero-order chi connectivity index (χ0) is 8.27. The molecule has 1 rings (SSSR count). The molecule has 0 unspecified atom stereocenters. The summed E-state index contributed by atoms with van der Waals surface area (Å²) in [5.74, 6) is -0.183. The van der Waals surface area contributed by atoms with Crippen molar-refractivity contribution in [1.82, 2.24) is 5.32 Å². The van der Waals surface area contributed by atoms with Crippen molar-refractivity contribution in [3.63, 3.8) is 0 Å². The molecule has 0 aliphatic heterocycles. The molecule has 11 heavy (non-hydrogen) atoms. The van der Waals surface area contributed by atoms with E-state index in [-0.39, 0.29) is 5.91 Å². The molecule has 0 saturated heterocycles. The fourth-order valence-corrected chi connectivity index (χ4v) is 1.21. The summed E-state index contributed by atoms with van der Waals surface area (Å²) in [6.45, 7) is 0. The Balaban J connectivity index is 3.03. The lowest BCUT2D eigenvalue weighted by Gasteiger charge is -2.00. The summed E-state index contributed by atoms with van der Waals surface area (Å²) >= 11 is 3.25. The van der Waals surface area contributed by atoms with Crippen LogP contribution < -0.4 is 5.32 Å². The average Bonchev–Trinajstić information content (AvgIpc) is 2.04. The van der Waals surface area contributed by atoms with E-state index in [9.17, 15) is 4.79 Å². The van der Waals surface area contributed by atoms with Crippen molar-refractivity contribution < 1.29 is 4.79 Å². The normalized spacial score (nSPS) is 9.27. The quantitative estimate of drug-likeness (QED) is 0.759. The average molecular weight is 213 g/mol. The molecule has 0 heterocycles. The molecule has 0 spiro atoms. The second-order valence-electron chi connectivity index (χ2n) is 1.99. The first-order chi connectivity index (χ1) is 5.25. The van der Waals surface area contributed by atoms with Crippen LogP contribution >= 0.6 is 15.9 Å². The van der Waals surface area contributed by atoms with Gasteiger partial charge in [0.1, 0.15) is 0 Å². The molecule has 0 fully saturated rings. The van der Waals surface area contributed by atoms with Gasteiger partial charge in [0.15, 0.2) is 0 Å². The van der Waals surface area contributed by atoms with E-state index < -0.39 is 0 Å². The van der Waals surface area contributed by atoms with E-state index >= 15 is 0 Å². The van der Waals surface area contributed by atoms with Crippen LogP contribution in [0.1, 0.15) is 10.4 Å². The lowest BCUT2D eigenvalue weighted by atomic mass is 10.2. The standard InChI is InChI=1S/C8H7BrNO/c1-10-8(11)6-4-2-3-5-7(6)9/h2-5H,1H2,(H,10,11). The van der Waals surface area contributed by atoms with Gasteiger partial charge in [0.05, 0.1) is 5.56 Å². The summed E-state index contributed by atoms with van der Waals surface area (Å²) in [6, 6.07) is 7.19. The third-order valence-electron chi connectivity index (χ3n) is 1.28. The minimum atomic E-state index is -0.183. The van der Waals surface area contributed by atoms with Gasteiger partial charge in [-0.15, -0.1) is 0 Å². The molecule has 57 valence electrons. The molecule has 0 aliphatic carbocycles. The zero-order valence-corrected chi connectivity index (χ0v) is 7.39. The Hall–Kier alpha value is -0.830. The van der Waals surface area contributed by atoms with Crippen molar-refractivity contribution in [1.29, 1.82) is 0 Å². The third kappa shape index (κ3) is 1.80. The van der Waals surface area contributed by atoms with Crippen LogP contribution in [-0.4, -0.2) is 5.91 Å². The van der Waals surface area contributed by atoms with Crippen LogP contribution in [0.2, 0.25) is 0 Å². The van der Waals surface area contributed by atoms with Gasteiger partial charge in [-0.2, -0.15) is 0 Å². The lowest BCUT2D eigenvalue weighted by molar-refractivity contribution is 0.0968. The topological polar surface area (TPSA) is 29.1 Å². The Kier molecular flexibility index (Phi) is 2.65. The summed E-state index contributed by atoms with van der Waals surface area (Å²) in [5, 5.41) is 2.30. The fourth-order valence-electron chi connectivity index (χ4n) is 0.741. The van der Waals surface area contributed by atoms with E-state index in [1.165, 1.54) is 0 Å². The second kappa shape index (κ2) is 3.53. The van der Waals surface area contributed by atoms with E-state index in [1.807, 2.05) is 12.1 Å². The van der Waals surface area contributed by atoms with E-state index in [4.69, 9.17) is 0 Å². The molecule has 1 radical (unpaired) electrons. The number of amides is 1. The SMILES string of the molecule is [CH2]NC(=O)c1ccccc1Br. The maximum absolute atomic E-state index is 11.0. The Morgan fingerprint density at radius 1 is 1.45 bits per heavy atom. The molecule has 0 saturated carbocycles. The molecule has 1 amide bonds. The van der Waals surface area contributed by atoms with Crippen LogP contribution in [0.25, 0.3) is 0 Å². The molecule has 2 nitrogen and oxygen atoms in total. The molecule has 1 aromatic rings. The van der Waals surface area contributed by atoms with Gasteiger partial charge in [0.2, 0.25) is 0 Å². The molecule has 0 aliphatic rings. The highest BCUT2D eigenvalue weighted by molar-refractivity contribution is 9.10. The summed E-state index contributed by atoms with van der Waals surface area (Å²) in [4.78, 5) is 11.0. The largest absolute Gasteiger partial charge is 0.350 e. The lowest BCUT2D eigenvalue weighted by Crippen LogP contribution is -2.15.